The highest BCUT2D eigenvalue weighted by molar-refractivity contribution is 7.92. The summed E-state index contributed by atoms with van der Waals surface area (Å²) in [5, 5.41) is 2.83. The molecule has 0 aromatic heterocycles. The van der Waals surface area contributed by atoms with Gasteiger partial charge in [0.25, 0.3) is 5.91 Å². The standard InChI is InChI=1S/C14H20N2O4S/c1-10-8-11(5-6-13(10)16-21(2,18)19)14(17)15-9-12-4-3-7-20-12/h5-6,8,12,16H,3-4,7,9H2,1-2H3,(H,15,17)/t12-/m1/s1. The van der Waals surface area contributed by atoms with Crippen LogP contribution in [0.1, 0.15) is 28.8 Å². The number of carbonyl (C=O) groups is 1. The first kappa shape index (κ1) is 15.8. The van der Waals surface area contributed by atoms with Crippen molar-refractivity contribution in [3.05, 3.63) is 29.3 Å². The molecule has 0 unspecified atom stereocenters. The first-order valence-electron chi connectivity index (χ1n) is 6.83. The van der Waals surface area contributed by atoms with Crippen molar-refractivity contribution in [2.75, 3.05) is 24.1 Å². The molecule has 2 rings (SSSR count). The Balaban J connectivity index is 1.99. The Bertz CT molecular complexity index is 622. The van der Waals surface area contributed by atoms with Gasteiger partial charge in [-0.15, -0.1) is 0 Å². The van der Waals surface area contributed by atoms with E-state index < -0.39 is 10.0 Å². The Morgan fingerprint density at radius 3 is 2.76 bits per heavy atom. The number of ether oxygens (including phenoxy) is 1. The van der Waals surface area contributed by atoms with Crippen LogP contribution in [0.4, 0.5) is 5.69 Å². The molecule has 21 heavy (non-hydrogen) atoms. The molecule has 0 bridgehead atoms. The average molecular weight is 312 g/mol. The summed E-state index contributed by atoms with van der Waals surface area (Å²) in [6.45, 7) is 3.01. The number of sulfonamides is 1. The van der Waals surface area contributed by atoms with Crippen LogP contribution in [-0.2, 0) is 14.8 Å². The second-order valence-corrected chi connectivity index (χ2v) is 7.00. The van der Waals surface area contributed by atoms with Crippen molar-refractivity contribution in [2.45, 2.75) is 25.9 Å². The summed E-state index contributed by atoms with van der Waals surface area (Å²) in [4.78, 5) is 12.0. The molecule has 1 aromatic carbocycles. The first-order chi connectivity index (χ1) is 9.85. The molecule has 0 radical (unpaired) electrons. The van der Waals surface area contributed by atoms with Crippen molar-refractivity contribution in [1.29, 1.82) is 0 Å². The second kappa shape index (κ2) is 6.44. The van der Waals surface area contributed by atoms with Crippen LogP contribution in [0.2, 0.25) is 0 Å². The average Bonchev–Trinajstić information content (AvgIpc) is 2.90. The molecule has 7 heteroatoms. The van der Waals surface area contributed by atoms with Gasteiger partial charge in [0, 0.05) is 18.7 Å². The topological polar surface area (TPSA) is 84.5 Å². The van der Waals surface area contributed by atoms with Gasteiger partial charge in [-0.25, -0.2) is 8.42 Å². The van der Waals surface area contributed by atoms with Gasteiger partial charge in [-0.05, 0) is 43.5 Å². The van der Waals surface area contributed by atoms with Crippen molar-refractivity contribution in [1.82, 2.24) is 5.32 Å². The van der Waals surface area contributed by atoms with Gasteiger partial charge in [0.1, 0.15) is 0 Å². The van der Waals surface area contributed by atoms with Gasteiger partial charge in [-0.2, -0.15) is 0 Å². The lowest BCUT2D eigenvalue weighted by molar-refractivity contribution is 0.0857. The molecule has 1 heterocycles. The molecular formula is C14H20N2O4S. The van der Waals surface area contributed by atoms with Gasteiger partial charge >= 0.3 is 0 Å². The molecule has 0 spiro atoms. The van der Waals surface area contributed by atoms with E-state index in [1.807, 2.05) is 0 Å². The number of nitrogens with one attached hydrogen (secondary N) is 2. The molecule has 116 valence electrons. The van der Waals surface area contributed by atoms with Crippen LogP contribution in [0.5, 0.6) is 0 Å². The van der Waals surface area contributed by atoms with E-state index in [1.165, 1.54) is 0 Å². The van der Waals surface area contributed by atoms with E-state index in [4.69, 9.17) is 4.74 Å². The van der Waals surface area contributed by atoms with Crippen LogP contribution in [-0.4, -0.2) is 39.8 Å². The highest BCUT2D eigenvalue weighted by atomic mass is 32.2. The fourth-order valence-corrected chi connectivity index (χ4v) is 2.86. The van der Waals surface area contributed by atoms with Crippen LogP contribution < -0.4 is 10.0 Å². The van der Waals surface area contributed by atoms with E-state index in [0.29, 0.717) is 23.4 Å². The zero-order valence-corrected chi connectivity index (χ0v) is 13.0. The molecular weight excluding hydrogens is 292 g/mol. The molecule has 1 aromatic rings. The Hall–Kier alpha value is -1.60. The predicted octanol–water partition coefficient (Wildman–Crippen LogP) is 1.28. The third-order valence-electron chi connectivity index (χ3n) is 3.30. The first-order valence-corrected chi connectivity index (χ1v) is 8.72. The minimum Gasteiger partial charge on any atom is -0.376 e. The molecule has 1 aliphatic rings. The zero-order chi connectivity index (χ0) is 15.5. The Labute approximate surface area is 124 Å². The van der Waals surface area contributed by atoms with Gasteiger partial charge in [-0.1, -0.05) is 0 Å². The number of benzene rings is 1. The molecule has 1 saturated heterocycles. The van der Waals surface area contributed by atoms with E-state index in [-0.39, 0.29) is 12.0 Å². The molecule has 0 aliphatic carbocycles. The van der Waals surface area contributed by atoms with Crippen LogP contribution in [0.15, 0.2) is 18.2 Å². The number of anilines is 1. The SMILES string of the molecule is Cc1cc(C(=O)NC[C@H]2CCCO2)ccc1NS(C)(=O)=O. The van der Waals surface area contributed by atoms with Gasteiger partial charge in [0.2, 0.25) is 10.0 Å². The summed E-state index contributed by atoms with van der Waals surface area (Å²) in [7, 11) is -3.32. The number of aryl methyl sites for hydroxylation is 1. The number of hydrogen-bond acceptors (Lipinski definition) is 4. The highest BCUT2D eigenvalue weighted by Gasteiger charge is 2.17. The number of amides is 1. The lowest BCUT2D eigenvalue weighted by Gasteiger charge is -2.12. The number of rotatable bonds is 5. The quantitative estimate of drug-likeness (QED) is 0.857. The largest absolute Gasteiger partial charge is 0.376 e. The lowest BCUT2D eigenvalue weighted by Crippen LogP contribution is -2.31. The van der Waals surface area contributed by atoms with Crippen molar-refractivity contribution in [2.24, 2.45) is 0 Å². The molecule has 1 atom stereocenters. The Kier molecular flexibility index (Phi) is 4.84. The van der Waals surface area contributed by atoms with E-state index in [9.17, 15) is 13.2 Å². The maximum atomic E-state index is 12.0. The summed E-state index contributed by atoms with van der Waals surface area (Å²) in [5.41, 5.74) is 1.68. The summed E-state index contributed by atoms with van der Waals surface area (Å²) < 4.78 is 30.3. The Morgan fingerprint density at radius 1 is 1.43 bits per heavy atom. The maximum Gasteiger partial charge on any atom is 0.251 e. The van der Waals surface area contributed by atoms with Crippen LogP contribution in [0.25, 0.3) is 0 Å². The fourth-order valence-electron chi connectivity index (χ4n) is 2.23. The van der Waals surface area contributed by atoms with Gasteiger partial charge < -0.3 is 10.1 Å². The normalized spacial score (nSPS) is 18.5. The van der Waals surface area contributed by atoms with Crippen LogP contribution in [0, 0.1) is 6.92 Å². The van der Waals surface area contributed by atoms with Crippen molar-refractivity contribution >= 4 is 21.6 Å². The maximum absolute atomic E-state index is 12.0. The van der Waals surface area contributed by atoms with E-state index >= 15 is 0 Å². The van der Waals surface area contributed by atoms with Gasteiger partial charge in [0.05, 0.1) is 18.0 Å². The van der Waals surface area contributed by atoms with Crippen LogP contribution >= 0.6 is 0 Å². The van der Waals surface area contributed by atoms with E-state index in [2.05, 4.69) is 10.0 Å². The highest BCUT2D eigenvalue weighted by Crippen LogP contribution is 2.18. The number of hydrogen-bond donors (Lipinski definition) is 2. The lowest BCUT2D eigenvalue weighted by atomic mass is 10.1. The van der Waals surface area contributed by atoms with Crippen molar-refractivity contribution < 1.29 is 17.9 Å². The third kappa shape index (κ3) is 4.71. The van der Waals surface area contributed by atoms with Crippen molar-refractivity contribution in [3.8, 4) is 0 Å². The minimum absolute atomic E-state index is 0.0984. The van der Waals surface area contributed by atoms with Crippen LogP contribution in [0.3, 0.4) is 0 Å². The molecule has 1 fully saturated rings. The molecule has 1 amide bonds. The minimum atomic E-state index is -3.32. The number of carbonyl (C=O) groups excluding carboxylic acids is 1. The third-order valence-corrected chi connectivity index (χ3v) is 3.89. The second-order valence-electron chi connectivity index (χ2n) is 5.25. The van der Waals surface area contributed by atoms with Crippen molar-refractivity contribution in [3.63, 3.8) is 0 Å². The predicted molar refractivity (Wildman–Crippen MR) is 81.0 cm³/mol. The zero-order valence-electron chi connectivity index (χ0n) is 12.2. The molecule has 0 saturated carbocycles. The summed E-state index contributed by atoms with van der Waals surface area (Å²) in [6, 6.07) is 4.86. The monoisotopic (exact) mass is 312 g/mol. The summed E-state index contributed by atoms with van der Waals surface area (Å²) >= 11 is 0. The smallest absolute Gasteiger partial charge is 0.251 e. The summed E-state index contributed by atoms with van der Waals surface area (Å²) in [6.07, 6.45) is 3.19. The molecule has 6 nitrogen and oxygen atoms in total. The Morgan fingerprint density at radius 2 is 2.19 bits per heavy atom. The fraction of sp³-hybridized carbons (Fsp3) is 0.500. The molecule has 1 aliphatic heterocycles. The van der Waals surface area contributed by atoms with E-state index in [0.717, 1.165) is 25.7 Å². The summed E-state index contributed by atoms with van der Waals surface area (Å²) in [5.74, 6) is -0.181. The van der Waals surface area contributed by atoms with Gasteiger partial charge in [0.15, 0.2) is 0 Å². The van der Waals surface area contributed by atoms with Gasteiger partial charge in [-0.3, -0.25) is 9.52 Å². The molecule has 2 N–H and O–H groups in total. The van der Waals surface area contributed by atoms with E-state index in [1.54, 1.807) is 25.1 Å².